The normalized spacial score (nSPS) is 11.9. The molecule has 0 saturated carbocycles. The van der Waals surface area contributed by atoms with Crippen molar-refractivity contribution in [3.63, 3.8) is 0 Å². The van der Waals surface area contributed by atoms with Crippen molar-refractivity contribution < 1.29 is 19.4 Å². The van der Waals surface area contributed by atoms with Crippen LogP contribution in [-0.4, -0.2) is 24.3 Å². The molecule has 24 heavy (non-hydrogen) atoms. The second-order valence-corrected chi connectivity index (χ2v) is 5.48. The highest BCUT2D eigenvalue weighted by molar-refractivity contribution is 5.88. The minimum atomic E-state index is -0.995. The maximum absolute atomic E-state index is 11.6. The molecule has 0 aliphatic heterocycles. The van der Waals surface area contributed by atoms with Crippen LogP contribution in [0.25, 0.3) is 10.8 Å². The summed E-state index contributed by atoms with van der Waals surface area (Å²) in [5, 5.41) is 11.5. The first-order valence-corrected chi connectivity index (χ1v) is 7.67. The van der Waals surface area contributed by atoms with E-state index in [0.717, 1.165) is 16.3 Å². The van der Waals surface area contributed by atoms with Crippen LogP contribution in [0.4, 0.5) is 0 Å². The van der Waals surface area contributed by atoms with Crippen molar-refractivity contribution in [2.45, 2.75) is 12.5 Å². The molecule has 0 heterocycles. The topological polar surface area (TPSA) is 55.8 Å². The number of benzene rings is 3. The van der Waals surface area contributed by atoms with Gasteiger partial charge in [-0.2, -0.15) is 0 Å². The summed E-state index contributed by atoms with van der Waals surface area (Å²) in [5.74, 6) is 0.274. The monoisotopic (exact) mass is 322 g/mol. The summed E-state index contributed by atoms with van der Waals surface area (Å²) in [6.07, 6.45) is -0.710. The second kappa shape index (κ2) is 7.04. The van der Waals surface area contributed by atoms with Gasteiger partial charge in [-0.15, -0.1) is 0 Å². The van der Waals surface area contributed by atoms with Gasteiger partial charge in [0.25, 0.3) is 0 Å². The van der Waals surface area contributed by atoms with E-state index in [-0.39, 0.29) is 6.42 Å². The lowest BCUT2D eigenvalue weighted by Crippen LogP contribution is -2.29. The molecule has 0 unspecified atom stereocenters. The summed E-state index contributed by atoms with van der Waals surface area (Å²) >= 11 is 0. The largest absolute Gasteiger partial charge is 0.497 e. The van der Waals surface area contributed by atoms with Gasteiger partial charge in [0.1, 0.15) is 11.5 Å². The zero-order valence-electron chi connectivity index (χ0n) is 13.3. The van der Waals surface area contributed by atoms with Gasteiger partial charge >= 0.3 is 5.97 Å². The number of hydrogen-bond acceptors (Lipinski definition) is 3. The van der Waals surface area contributed by atoms with Crippen molar-refractivity contribution in [2.24, 2.45) is 0 Å². The quantitative estimate of drug-likeness (QED) is 0.747. The van der Waals surface area contributed by atoms with Gasteiger partial charge < -0.3 is 14.6 Å². The van der Waals surface area contributed by atoms with Crippen LogP contribution >= 0.6 is 0 Å². The molecule has 4 nitrogen and oxygen atoms in total. The highest BCUT2D eigenvalue weighted by Crippen LogP contribution is 2.27. The van der Waals surface area contributed by atoms with E-state index >= 15 is 0 Å². The van der Waals surface area contributed by atoms with Crippen LogP contribution in [0.1, 0.15) is 5.56 Å². The number of hydrogen-bond donors (Lipinski definition) is 1. The average Bonchev–Trinajstić information content (AvgIpc) is 2.61. The summed E-state index contributed by atoms with van der Waals surface area (Å²) in [6, 6.07) is 20.7. The van der Waals surface area contributed by atoms with Gasteiger partial charge in [-0.25, -0.2) is 4.79 Å². The van der Waals surface area contributed by atoms with Crippen LogP contribution in [0.15, 0.2) is 66.7 Å². The van der Waals surface area contributed by atoms with Crippen LogP contribution in [0.3, 0.4) is 0 Å². The number of aliphatic carboxylic acids is 1. The molecule has 3 aromatic carbocycles. The van der Waals surface area contributed by atoms with Gasteiger partial charge in [-0.3, -0.25) is 0 Å². The number of rotatable bonds is 6. The Balaban J connectivity index is 1.87. The molecule has 4 heteroatoms. The van der Waals surface area contributed by atoms with Crippen molar-refractivity contribution in [1.82, 2.24) is 0 Å². The number of carbonyl (C=O) groups is 1. The van der Waals surface area contributed by atoms with Crippen molar-refractivity contribution in [1.29, 1.82) is 0 Å². The van der Waals surface area contributed by atoms with E-state index in [1.807, 2.05) is 60.7 Å². The first-order chi connectivity index (χ1) is 11.7. The molecule has 1 atom stereocenters. The van der Waals surface area contributed by atoms with E-state index in [0.29, 0.717) is 11.5 Å². The minimum absolute atomic E-state index is 0.260. The highest BCUT2D eigenvalue weighted by Gasteiger charge is 2.21. The standard InChI is InChI=1S/C20H18O4/c1-23-16-9-4-6-14(12-16)13-19(20(21)22)24-18-11-5-8-15-7-2-3-10-17(15)18/h2-12,19H,13H2,1H3,(H,21,22)/t19-/m0/s1. The number of carboxylic acids is 1. The lowest BCUT2D eigenvalue weighted by molar-refractivity contribution is -0.144. The molecule has 0 aliphatic carbocycles. The fourth-order valence-electron chi connectivity index (χ4n) is 2.64. The average molecular weight is 322 g/mol. The van der Waals surface area contributed by atoms with Crippen LogP contribution in [0.2, 0.25) is 0 Å². The van der Waals surface area contributed by atoms with Gasteiger partial charge in [-0.05, 0) is 29.1 Å². The predicted octanol–water partition coefficient (Wildman–Crippen LogP) is 3.92. The van der Waals surface area contributed by atoms with E-state index in [4.69, 9.17) is 9.47 Å². The van der Waals surface area contributed by atoms with Crippen molar-refractivity contribution in [3.8, 4) is 11.5 Å². The van der Waals surface area contributed by atoms with Crippen molar-refractivity contribution in [3.05, 3.63) is 72.3 Å². The van der Waals surface area contributed by atoms with Gasteiger partial charge in [-0.1, -0.05) is 48.5 Å². The molecule has 3 aromatic rings. The van der Waals surface area contributed by atoms with Crippen molar-refractivity contribution in [2.75, 3.05) is 7.11 Å². The summed E-state index contributed by atoms with van der Waals surface area (Å²) in [6.45, 7) is 0. The van der Waals surface area contributed by atoms with Crippen LogP contribution in [0, 0.1) is 0 Å². The number of fused-ring (bicyclic) bond motifs is 1. The Morgan fingerprint density at radius 2 is 1.79 bits per heavy atom. The Kier molecular flexibility index (Phi) is 4.66. The molecule has 0 fully saturated rings. The first kappa shape index (κ1) is 15.9. The fourth-order valence-corrected chi connectivity index (χ4v) is 2.64. The van der Waals surface area contributed by atoms with Gasteiger partial charge in [0, 0.05) is 11.8 Å². The molecule has 3 rings (SSSR count). The van der Waals surface area contributed by atoms with Crippen LogP contribution < -0.4 is 9.47 Å². The van der Waals surface area contributed by atoms with E-state index in [2.05, 4.69) is 0 Å². The fraction of sp³-hybridized carbons (Fsp3) is 0.150. The Morgan fingerprint density at radius 3 is 2.58 bits per heavy atom. The Labute approximate surface area is 140 Å². The Bertz CT molecular complexity index is 852. The first-order valence-electron chi connectivity index (χ1n) is 7.67. The zero-order chi connectivity index (χ0) is 16.9. The van der Waals surface area contributed by atoms with E-state index < -0.39 is 12.1 Å². The molecule has 122 valence electrons. The smallest absolute Gasteiger partial charge is 0.345 e. The Morgan fingerprint density at radius 1 is 1.04 bits per heavy atom. The third-order valence-electron chi connectivity index (χ3n) is 3.85. The van der Waals surface area contributed by atoms with Gasteiger partial charge in [0.2, 0.25) is 0 Å². The number of methoxy groups -OCH3 is 1. The predicted molar refractivity (Wildman–Crippen MR) is 92.7 cm³/mol. The molecule has 0 amide bonds. The van der Waals surface area contributed by atoms with Crippen LogP contribution in [0.5, 0.6) is 11.5 Å². The van der Waals surface area contributed by atoms with E-state index in [9.17, 15) is 9.90 Å². The second-order valence-electron chi connectivity index (χ2n) is 5.48. The highest BCUT2D eigenvalue weighted by atomic mass is 16.5. The lowest BCUT2D eigenvalue weighted by Gasteiger charge is -2.17. The molecule has 1 N–H and O–H groups in total. The SMILES string of the molecule is COc1cccc(C[C@H](Oc2cccc3ccccc23)C(=O)O)c1. The molecule has 0 aliphatic rings. The number of ether oxygens (including phenoxy) is 2. The Hall–Kier alpha value is -3.01. The lowest BCUT2D eigenvalue weighted by atomic mass is 10.1. The number of carboxylic acid groups (broad SMARTS) is 1. The minimum Gasteiger partial charge on any atom is -0.497 e. The van der Waals surface area contributed by atoms with Crippen molar-refractivity contribution >= 4 is 16.7 Å². The molecule has 0 spiro atoms. The van der Waals surface area contributed by atoms with E-state index in [1.165, 1.54) is 0 Å². The maximum Gasteiger partial charge on any atom is 0.345 e. The summed E-state index contributed by atoms with van der Waals surface area (Å²) < 4.78 is 11.0. The van der Waals surface area contributed by atoms with Gasteiger partial charge in [0.15, 0.2) is 6.10 Å². The third-order valence-corrected chi connectivity index (χ3v) is 3.85. The maximum atomic E-state index is 11.6. The van der Waals surface area contributed by atoms with E-state index in [1.54, 1.807) is 13.2 Å². The van der Waals surface area contributed by atoms with Gasteiger partial charge in [0.05, 0.1) is 7.11 Å². The molecular formula is C20H18O4. The summed E-state index contributed by atoms with van der Waals surface area (Å²) in [7, 11) is 1.58. The third kappa shape index (κ3) is 3.49. The summed E-state index contributed by atoms with van der Waals surface area (Å²) in [4.78, 5) is 11.6. The molecule has 0 saturated heterocycles. The molecular weight excluding hydrogens is 304 g/mol. The zero-order valence-corrected chi connectivity index (χ0v) is 13.3. The van der Waals surface area contributed by atoms with Crippen LogP contribution in [-0.2, 0) is 11.2 Å². The molecule has 0 bridgehead atoms. The summed E-state index contributed by atoms with van der Waals surface area (Å²) in [5.41, 5.74) is 0.849. The molecule has 0 radical (unpaired) electrons. The molecule has 0 aromatic heterocycles.